The highest BCUT2D eigenvalue weighted by Crippen LogP contribution is 2.35. The molecule has 0 amide bonds. The Labute approximate surface area is 106 Å². The zero-order valence-electron chi connectivity index (χ0n) is 9.41. The van der Waals surface area contributed by atoms with Gasteiger partial charge in [-0.05, 0) is 12.5 Å². The summed E-state index contributed by atoms with van der Waals surface area (Å²) >= 11 is 3.34. The molecule has 0 N–H and O–H groups in total. The van der Waals surface area contributed by atoms with Gasteiger partial charge in [0.25, 0.3) is 0 Å². The predicted octanol–water partition coefficient (Wildman–Crippen LogP) is 4.15. The molecule has 0 aliphatic carbocycles. The van der Waals surface area contributed by atoms with Gasteiger partial charge in [0.15, 0.2) is 0 Å². The fraction of sp³-hybridized carbons (Fsp3) is 0.455. The molecule has 1 rings (SSSR count). The van der Waals surface area contributed by atoms with Crippen LogP contribution in [-0.4, -0.2) is 9.75 Å². The second kappa shape index (κ2) is 5.53. The SMILES string of the molecule is CCC(Br)C(C)c1cc(F)cc(F)c1[N+](=O)[O-]. The van der Waals surface area contributed by atoms with Crippen molar-refractivity contribution in [3.63, 3.8) is 0 Å². The number of benzene rings is 1. The molecule has 0 aliphatic rings. The van der Waals surface area contributed by atoms with Crippen molar-refractivity contribution in [1.82, 2.24) is 0 Å². The topological polar surface area (TPSA) is 43.1 Å². The van der Waals surface area contributed by atoms with Crippen LogP contribution in [0, 0.1) is 21.7 Å². The fourth-order valence-corrected chi connectivity index (χ4v) is 1.96. The highest BCUT2D eigenvalue weighted by molar-refractivity contribution is 9.09. The number of nitro groups is 1. The standard InChI is InChI=1S/C11H12BrF2NO2/c1-3-9(12)6(2)8-4-7(13)5-10(14)11(8)15(16)17/h4-6,9H,3H2,1-2H3. The molecule has 1 aromatic rings. The first kappa shape index (κ1) is 14.0. The smallest absolute Gasteiger partial charge is 0.258 e. The van der Waals surface area contributed by atoms with Gasteiger partial charge in [0.05, 0.1) is 4.92 Å². The van der Waals surface area contributed by atoms with Gasteiger partial charge < -0.3 is 0 Å². The van der Waals surface area contributed by atoms with Gasteiger partial charge in [-0.3, -0.25) is 10.1 Å². The Hall–Kier alpha value is -1.04. The molecule has 0 radical (unpaired) electrons. The Balaban J connectivity index is 3.35. The predicted molar refractivity (Wildman–Crippen MR) is 64.4 cm³/mol. The van der Waals surface area contributed by atoms with E-state index < -0.39 is 22.2 Å². The molecule has 0 saturated carbocycles. The maximum Gasteiger partial charge on any atom is 0.308 e. The number of nitro benzene ring substituents is 1. The van der Waals surface area contributed by atoms with E-state index in [1.165, 1.54) is 0 Å². The Kier molecular flexibility index (Phi) is 4.56. The largest absolute Gasteiger partial charge is 0.308 e. The molecule has 6 heteroatoms. The molecule has 0 bridgehead atoms. The van der Waals surface area contributed by atoms with Gasteiger partial charge in [-0.2, -0.15) is 4.39 Å². The molecule has 1 aromatic carbocycles. The first-order chi connectivity index (χ1) is 7.88. The van der Waals surface area contributed by atoms with Gasteiger partial charge in [0.2, 0.25) is 5.82 Å². The van der Waals surface area contributed by atoms with Crippen LogP contribution >= 0.6 is 15.9 Å². The van der Waals surface area contributed by atoms with Crippen molar-refractivity contribution in [2.24, 2.45) is 0 Å². The van der Waals surface area contributed by atoms with E-state index in [0.29, 0.717) is 12.5 Å². The molecule has 0 aromatic heterocycles. The molecule has 2 atom stereocenters. The van der Waals surface area contributed by atoms with Gasteiger partial charge >= 0.3 is 5.69 Å². The molecule has 0 aliphatic heterocycles. The highest BCUT2D eigenvalue weighted by atomic mass is 79.9. The Bertz CT molecular complexity index is 440. The van der Waals surface area contributed by atoms with Crippen LogP contribution in [0.25, 0.3) is 0 Å². The van der Waals surface area contributed by atoms with Crippen molar-refractivity contribution >= 4 is 21.6 Å². The Morgan fingerprint density at radius 1 is 1.47 bits per heavy atom. The van der Waals surface area contributed by atoms with E-state index >= 15 is 0 Å². The lowest BCUT2D eigenvalue weighted by atomic mass is 9.94. The molecule has 0 saturated heterocycles. The number of nitrogens with zero attached hydrogens (tertiary/aromatic N) is 1. The third kappa shape index (κ3) is 3.00. The zero-order chi connectivity index (χ0) is 13.2. The maximum absolute atomic E-state index is 13.4. The lowest BCUT2D eigenvalue weighted by molar-refractivity contribution is -0.388. The molecular formula is C11H12BrF2NO2. The van der Waals surface area contributed by atoms with E-state index in [0.717, 1.165) is 6.07 Å². The van der Waals surface area contributed by atoms with Gasteiger partial charge in [-0.15, -0.1) is 0 Å². The molecule has 0 heterocycles. The summed E-state index contributed by atoms with van der Waals surface area (Å²) in [6, 6.07) is 1.55. The highest BCUT2D eigenvalue weighted by Gasteiger charge is 2.28. The average Bonchev–Trinajstić information content (AvgIpc) is 2.25. The minimum absolute atomic E-state index is 0.0672. The molecule has 0 fully saturated rings. The summed E-state index contributed by atoms with van der Waals surface area (Å²) in [4.78, 5) is 9.92. The molecule has 2 unspecified atom stereocenters. The van der Waals surface area contributed by atoms with E-state index in [-0.39, 0.29) is 16.3 Å². The monoisotopic (exact) mass is 307 g/mol. The van der Waals surface area contributed by atoms with Crippen molar-refractivity contribution < 1.29 is 13.7 Å². The third-order valence-electron chi connectivity index (χ3n) is 2.66. The lowest BCUT2D eigenvalue weighted by Crippen LogP contribution is -2.11. The second-order valence-corrected chi connectivity index (χ2v) is 4.97. The Morgan fingerprint density at radius 2 is 2.06 bits per heavy atom. The van der Waals surface area contributed by atoms with Crippen molar-refractivity contribution in [1.29, 1.82) is 0 Å². The third-order valence-corrected chi connectivity index (χ3v) is 4.10. The number of alkyl halides is 1. The summed E-state index contributed by atoms with van der Waals surface area (Å²) in [5.41, 5.74) is -0.562. The number of rotatable bonds is 4. The Morgan fingerprint density at radius 3 is 2.53 bits per heavy atom. The lowest BCUT2D eigenvalue weighted by Gasteiger charge is -2.17. The van der Waals surface area contributed by atoms with Crippen LogP contribution in [0.1, 0.15) is 31.7 Å². The summed E-state index contributed by atoms with van der Waals surface area (Å²) in [5, 5.41) is 10.8. The number of hydrogen-bond acceptors (Lipinski definition) is 2. The first-order valence-corrected chi connectivity index (χ1v) is 6.07. The minimum Gasteiger partial charge on any atom is -0.258 e. The van der Waals surface area contributed by atoms with Crippen molar-refractivity contribution in [3.05, 3.63) is 39.4 Å². The summed E-state index contributed by atoms with van der Waals surface area (Å²) in [7, 11) is 0. The van der Waals surface area contributed by atoms with Crippen LogP contribution in [0.4, 0.5) is 14.5 Å². The normalized spacial score (nSPS) is 14.4. The molecule has 94 valence electrons. The second-order valence-electron chi connectivity index (χ2n) is 3.80. The fourth-order valence-electron chi connectivity index (χ4n) is 1.67. The van der Waals surface area contributed by atoms with Crippen molar-refractivity contribution in [2.45, 2.75) is 31.0 Å². The van der Waals surface area contributed by atoms with E-state index in [2.05, 4.69) is 15.9 Å². The van der Waals surface area contributed by atoms with E-state index in [9.17, 15) is 18.9 Å². The van der Waals surface area contributed by atoms with E-state index in [4.69, 9.17) is 0 Å². The molecular weight excluding hydrogens is 296 g/mol. The van der Waals surface area contributed by atoms with Gasteiger partial charge in [0, 0.05) is 22.4 Å². The molecule has 3 nitrogen and oxygen atoms in total. The van der Waals surface area contributed by atoms with Crippen LogP contribution in [0.2, 0.25) is 0 Å². The maximum atomic E-state index is 13.4. The first-order valence-electron chi connectivity index (χ1n) is 5.15. The van der Waals surface area contributed by atoms with Crippen LogP contribution in [0.3, 0.4) is 0 Å². The van der Waals surface area contributed by atoms with Crippen LogP contribution in [-0.2, 0) is 0 Å². The van der Waals surface area contributed by atoms with Crippen LogP contribution in [0.15, 0.2) is 12.1 Å². The summed E-state index contributed by atoms with van der Waals surface area (Å²) < 4.78 is 26.5. The molecule has 17 heavy (non-hydrogen) atoms. The van der Waals surface area contributed by atoms with Crippen molar-refractivity contribution in [3.8, 4) is 0 Å². The van der Waals surface area contributed by atoms with Crippen LogP contribution in [0.5, 0.6) is 0 Å². The van der Waals surface area contributed by atoms with E-state index in [1.54, 1.807) is 6.92 Å². The van der Waals surface area contributed by atoms with Crippen LogP contribution < -0.4 is 0 Å². The molecule has 0 spiro atoms. The zero-order valence-corrected chi connectivity index (χ0v) is 11.0. The number of halogens is 3. The van der Waals surface area contributed by atoms with Crippen molar-refractivity contribution in [2.75, 3.05) is 0 Å². The summed E-state index contributed by atoms with van der Waals surface area (Å²) in [6.45, 7) is 3.58. The van der Waals surface area contributed by atoms with Gasteiger partial charge in [0.1, 0.15) is 5.82 Å². The summed E-state index contributed by atoms with van der Waals surface area (Å²) in [5.74, 6) is -2.27. The van der Waals surface area contributed by atoms with E-state index in [1.807, 2.05) is 6.92 Å². The van der Waals surface area contributed by atoms with Gasteiger partial charge in [-0.1, -0.05) is 29.8 Å². The summed E-state index contributed by atoms with van der Waals surface area (Å²) in [6.07, 6.45) is 0.705. The number of hydrogen-bond donors (Lipinski definition) is 0. The van der Waals surface area contributed by atoms with Gasteiger partial charge in [-0.25, -0.2) is 4.39 Å². The quantitative estimate of drug-likeness (QED) is 0.476. The average molecular weight is 308 g/mol. The minimum atomic E-state index is -1.13.